The summed E-state index contributed by atoms with van der Waals surface area (Å²) in [5.41, 5.74) is 8.47. The first-order chi connectivity index (χ1) is 20.1. The van der Waals surface area contributed by atoms with Crippen LogP contribution in [0.5, 0.6) is 0 Å². The van der Waals surface area contributed by atoms with E-state index in [0.29, 0.717) is 11.2 Å². The zero-order chi connectivity index (χ0) is 28.5. The summed E-state index contributed by atoms with van der Waals surface area (Å²) in [6.45, 7) is 5.05. The second kappa shape index (κ2) is 13.7. The molecule has 0 atom stereocenters. The Labute approximate surface area is 247 Å². The number of aliphatic hydroxyl groups excluding tert-OH is 1. The lowest BCUT2D eigenvalue weighted by Gasteiger charge is -2.29. The third-order valence-electron chi connectivity index (χ3n) is 8.85. The fraction of sp³-hybridized carbons (Fsp3) is 0.333. The highest BCUT2D eigenvalue weighted by Gasteiger charge is 2.42. The summed E-state index contributed by atoms with van der Waals surface area (Å²) >= 11 is 0. The summed E-state index contributed by atoms with van der Waals surface area (Å²) in [5, 5.41) is 9.99. The smallest absolute Gasteiger partial charge is 0.0885 e. The largest absolute Gasteiger partial charge is 0.513 e. The van der Waals surface area contributed by atoms with Crippen LogP contribution in [-0.4, -0.2) is 16.6 Å². The van der Waals surface area contributed by atoms with Gasteiger partial charge >= 0.3 is 0 Å². The van der Waals surface area contributed by atoms with Gasteiger partial charge in [0, 0.05) is 30.8 Å². The molecule has 3 aromatic carbocycles. The lowest BCUT2D eigenvalue weighted by atomic mass is 9.84. The first kappa shape index (κ1) is 28.7. The predicted molar refractivity (Wildman–Crippen MR) is 173 cm³/mol. The van der Waals surface area contributed by atoms with Gasteiger partial charge in [0.25, 0.3) is 0 Å². The standard InChI is InChI=1S/C39H45NO/c1-3-36-23-22-35(38(33-18-7-5-8-19-33)34-20-9-6-10-21-34)30-40(36)27-13-17-32-15-11-14-31(28-32)16-12-24-39(25-26-39)29-37(41)4-2/h3-11,14-15,18-23,28,30,38,41H,12-13,16-17,24-27,29H2,1-2H3. The van der Waals surface area contributed by atoms with Gasteiger partial charge in [0.1, 0.15) is 0 Å². The number of benzene rings is 3. The molecule has 0 bridgehead atoms. The number of nitrogens with zero attached hydrogens (tertiary/aromatic N) is 1. The third kappa shape index (κ3) is 7.70. The van der Waals surface area contributed by atoms with E-state index in [1.807, 2.05) is 13.0 Å². The van der Waals surface area contributed by atoms with E-state index in [1.54, 1.807) is 0 Å². The minimum atomic E-state index is 0.211. The summed E-state index contributed by atoms with van der Waals surface area (Å²) in [5.74, 6) is 0.773. The van der Waals surface area contributed by atoms with Gasteiger partial charge in [-0.2, -0.15) is 0 Å². The van der Waals surface area contributed by atoms with Crippen LogP contribution in [0.25, 0.3) is 0 Å². The molecule has 212 valence electrons. The molecule has 2 aliphatic rings. The highest BCUT2D eigenvalue weighted by molar-refractivity contribution is 5.48. The second-order valence-electron chi connectivity index (χ2n) is 11.9. The SMILES string of the molecule is CC=C(O)CC1(CCCc2cccc(CCCN3C=C(C(c4ccccc4)c4ccccc4)C=CC3=CC)c2)CC1. The molecule has 1 aliphatic carbocycles. The topological polar surface area (TPSA) is 23.5 Å². The average molecular weight is 544 g/mol. The molecule has 1 N–H and O–H groups in total. The van der Waals surface area contributed by atoms with Crippen molar-refractivity contribution in [3.05, 3.63) is 155 Å². The Morgan fingerprint density at radius 1 is 0.829 bits per heavy atom. The van der Waals surface area contributed by atoms with Crippen molar-refractivity contribution in [1.82, 2.24) is 4.90 Å². The fourth-order valence-electron chi connectivity index (χ4n) is 6.31. The van der Waals surface area contributed by atoms with Crippen molar-refractivity contribution < 1.29 is 5.11 Å². The Hall–Kier alpha value is -3.78. The summed E-state index contributed by atoms with van der Waals surface area (Å²) in [6.07, 6.45) is 20.1. The molecule has 1 saturated carbocycles. The Bertz CT molecular complexity index is 1350. The second-order valence-corrected chi connectivity index (χ2v) is 11.9. The molecule has 0 aromatic heterocycles. The van der Waals surface area contributed by atoms with Gasteiger partial charge in [-0.3, -0.25) is 0 Å². The van der Waals surface area contributed by atoms with Crippen LogP contribution in [0.1, 0.15) is 80.5 Å². The van der Waals surface area contributed by atoms with Crippen molar-refractivity contribution in [2.75, 3.05) is 6.54 Å². The molecule has 1 fully saturated rings. The van der Waals surface area contributed by atoms with Crippen molar-refractivity contribution >= 4 is 0 Å². The van der Waals surface area contributed by atoms with Gasteiger partial charge in [-0.05, 0) is 104 Å². The van der Waals surface area contributed by atoms with E-state index >= 15 is 0 Å². The Kier molecular flexibility index (Phi) is 9.62. The van der Waals surface area contributed by atoms with Gasteiger partial charge in [-0.25, -0.2) is 0 Å². The summed E-state index contributed by atoms with van der Waals surface area (Å²) in [4.78, 5) is 2.44. The quantitative estimate of drug-likeness (QED) is 0.217. The van der Waals surface area contributed by atoms with E-state index in [0.717, 1.165) is 32.2 Å². The molecular weight excluding hydrogens is 498 g/mol. The lowest BCUT2D eigenvalue weighted by Crippen LogP contribution is -2.22. The molecule has 2 heteroatoms. The van der Waals surface area contributed by atoms with Crippen LogP contribution in [0.2, 0.25) is 0 Å². The zero-order valence-electron chi connectivity index (χ0n) is 24.8. The minimum Gasteiger partial charge on any atom is -0.513 e. The van der Waals surface area contributed by atoms with Crippen LogP contribution in [0.4, 0.5) is 0 Å². The molecule has 41 heavy (non-hydrogen) atoms. The molecule has 0 radical (unpaired) electrons. The van der Waals surface area contributed by atoms with E-state index in [4.69, 9.17) is 0 Å². The monoisotopic (exact) mass is 543 g/mol. The minimum absolute atomic E-state index is 0.211. The molecule has 1 heterocycles. The van der Waals surface area contributed by atoms with Crippen LogP contribution >= 0.6 is 0 Å². The maximum Gasteiger partial charge on any atom is 0.0885 e. The van der Waals surface area contributed by atoms with E-state index in [-0.39, 0.29) is 5.92 Å². The average Bonchev–Trinajstić information content (AvgIpc) is 3.77. The van der Waals surface area contributed by atoms with Crippen molar-refractivity contribution in [2.45, 2.75) is 71.1 Å². The summed E-state index contributed by atoms with van der Waals surface area (Å²) in [6, 6.07) is 30.9. The maximum atomic E-state index is 9.99. The first-order valence-electron chi connectivity index (χ1n) is 15.4. The molecule has 0 saturated heterocycles. The van der Waals surface area contributed by atoms with E-state index in [9.17, 15) is 5.11 Å². The number of allylic oxidation sites excluding steroid dienone is 6. The number of aryl methyl sites for hydroxylation is 2. The number of hydrogen-bond donors (Lipinski definition) is 1. The summed E-state index contributed by atoms with van der Waals surface area (Å²) in [7, 11) is 0. The fourth-order valence-corrected chi connectivity index (χ4v) is 6.31. The normalized spacial score (nSPS) is 17.2. The Morgan fingerprint density at radius 3 is 2.05 bits per heavy atom. The molecule has 2 nitrogen and oxygen atoms in total. The van der Waals surface area contributed by atoms with Crippen LogP contribution in [0, 0.1) is 5.41 Å². The summed E-state index contributed by atoms with van der Waals surface area (Å²) < 4.78 is 0. The molecule has 5 rings (SSSR count). The van der Waals surface area contributed by atoms with Gasteiger partial charge in [0.05, 0.1) is 5.76 Å². The molecular formula is C39H45NO. The molecule has 1 aliphatic heterocycles. The number of rotatable bonds is 13. The van der Waals surface area contributed by atoms with Crippen molar-refractivity contribution in [3.63, 3.8) is 0 Å². The lowest BCUT2D eigenvalue weighted by molar-refractivity contribution is 0.324. The van der Waals surface area contributed by atoms with Gasteiger partial charge in [-0.15, -0.1) is 0 Å². The van der Waals surface area contributed by atoms with Crippen LogP contribution < -0.4 is 0 Å². The van der Waals surface area contributed by atoms with Crippen LogP contribution in [-0.2, 0) is 12.8 Å². The van der Waals surface area contributed by atoms with Gasteiger partial charge in [0.2, 0.25) is 0 Å². The molecule has 0 spiro atoms. The van der Waals surface area contributed by atoms with E-state index in [2.05, 4.69) is 121 Å². The zero-order valence-corrected chi connectivity index (χ0v) is 24.8. The number of hydrogen-bond acceptors (Lipinski definition) is 2. The highest BCUT2D eigenvalue weighted by atomic mass is 16.3. The first-order valence-corrected chi connectivity index (χ1v) is 15.4. The van der Waals surface area contributed by atoms with Crippen molar-refractivity contribution in [1.29, 1.82) is 0 Å². The van der Waals surface area contributed by atoms with Crippen LogP contribution in [0.15, 0.2) is 132 Å². The third-order valence-corrected chi connectivity index (χ3v) is 8.85. The van der Waals surface area contributed by atoms with E-state index < -0.39 is 0 Å². The molecule has 0 unspecified atom stereocenters. The Morgan fingerprint density at radius 2 is 1.46 bits per heavy atom. The van der Waals surface area contributed by atoms with Crippen LogP contribution in [0.3, 0.4) is 0 Å². The highest BCUT2D eigenvalue weighted by Crippen LogP contribution is 2.54. The number of aliphatic hydroxyl groups is 1. The van der Waals surface area contributed by atoms with Gasteiger partial charge < -0.3 is 10.0 Å². The van der Waals surface area contributed by atoms with Crippen molar-refractivity contribution in [3.8, 4) is 0 Å². The maximum absolute atomic E-state index is 9.99. The van der Waals surface area contributed by atoms with Gasteiger partial charge in [0.15, 0.2) is 0 Å². The molecule has 3 aromatic rings. The predicted octanol–water partition coefficient (Wildman–Crippen LogP) is 10.1. The van der Waals surface area contributed by atoms with E-state index in [1.165, 1.54) is 59.2 Å². The Balaban J connectivity index is 1.21. The molecule has 0 amide bonds. The van der Waals surface area contributed by atoms with Gasteiger partial charge in [-0.1, -0.05) is 97.1 Å². The van der Waals surface area contributed by atoms with Crippen molar-refractivity contribution in [2.24, 2.45) is 5.41 Å².